The van der Waals surface area contributed by atoms with Crippen LogP contribution in [-0.4, -0.2) is 50.4 Å². The first-order chi connectivity index (χ1) is 22.1. The number of ether oxygens (including phenoxy) is 1. The predicted octanol–water partition coefficient (Wildman–Crippen LogP) is 5.97. The summed E-state index contributed by atoms with van der Waals surface area (Å²) in [7, 11) is -4.27. The molecule has 2 amide bonds. The molecule has 0 saturated heterocycles. The molecule has 242 valence electrons. The van der Waals surface area contributed by atoms with Gasteiger partial charge in [-0.05, 0) is 67.8 Å². The third-order valence-corrected chi connectivity index (χ3v) is 9.36. The molecule has 46 heavy (non-hydrogen) atoms. The molecular formula is C36H40FN3O5S. The first-order valence-corrected chi connectivity index (χ1v) is 16.8. The monoisotopic (exact) mass is 645 g/mol. The summed E-state index contributed by atoms with van der Waals surface area (Å²) >= 11 is 0. The Morgan fingerprint density at radius 1 is 0.826 bits per heavy atom. The molecule has 4 rings (SSSR count). The average molecular weight is 646 g/mol. The fraction of sp³-hybridized carbons (Fsp3) is 0.278. The minimum Gasteiger partial charge on any atom is -0.492 e. The zero-order valence-electron chi connectivity index (χ0n) is 26.3. The molecule has 0 radical (unpaired) electrons. The van der Waals surface area contributed by atoms with Crippen LogP contribution in [0.4, 0.5) is 10.1 Å². The molecule has 8 nitrogen and oxygen atoms in total. The van der Waals surface area contributed by atoms with Crippen LogP contribution in [0.3, 0.4) is 0 Å². The van der Waals surface area contributed by atoms with E-state index >= 15 is 0 Å². The number of benzene rings is 4. The second kappa shape index (κ2) is 16.0. The van der Waals surface area contributed by atoms with Crippen LogP contribution in [0.25, 0.3) is 0 Å². The van der Waals surface area contributed by atoms with Crippen LogP contribution in [0.5, 0.6) is 5.75 Å². The number of hydrogen-bond donors (Lipinski definition) is 1. The van der Waals surface area contributed by atoms with E-state index in [1.165, 1.54) is 29.2 Å². The van der Waals surface area contributed by atoms with Crippen molar-refractivity contribution in [3.05, 3.63) is 126 Å². The molecule has 10 heteroatoms. The topological polar surface area (TPSA) is 96.0 Å². The molecule has 0 heterocycles. The van der Waals surface area contributed by atoms with Crippen LogP contribution in [-0.2, 0) is 32.6 Å². The number of amides is 2. The number of para-hydroxylation sites is 2. The highest BCUT2D eigenvalue weighted by Crippen LogP contribution is 2.33. The number of halogens is 1. The summed E-state index contributed by atoms with van der Waals surface area (Å²) in [6, 6.07) is 28.3. The van der Waals surface area contributed by atoms with Crippen molar-refractivity contribution in [1.29, 1.82) is 0 Å². The Labute approximate surface area is 270 Å². The number of hydrogen-bond acceptors (Lipinski definition) is 5. The summed E-state index contributed by atoms with van der Waals surface area (Å²) < 4.78 is 49.1. The largest absolute Gasteiger partial charge is 0.492 e. The van der Waals surface area contributed by atoms with Gasteiger partial charge in [0.15, 0.2) is 0 Å². The van der Waals surface area contributed by atoms with Crippen molar-refractivity contribution in [2.24, 2.45) is 0 Å². The Balaban J connectivity index is 1.83. The smallest absolute Gasteiger partial charge is 0.264 e. The van der Waals surface area contributed by atoms with Gasteiger partial charge in [-0.2, -0.15) is 0 Å². The van der Waals surface area contributed by atoms with Gasteiger partial charge in [-0.25, -0.2) is 12.8 Å². The first kappa shape index (κ1) is 34.2. The third-order valence-electron chi connectivity index (χ3n) is 7.58. The molecule has 0 aliphatic carbocycles. The fourth-order valence-electron chi connectivity index (χ4n) is 4.96. The van der Waals surface area contributed by atoms with Gasteiger partial charge in [-0.3, -0.25) is 13.9 Å². The molecule has 0 aliphatic heterocycles. The standard InChI is InChI=1S/C36H40FN3O5S/c1-4-27(3)38-36(42)33(24-28-14-8-6-9-15-28)39(25-29-20-22-30(37)23-21-29)35(41)26-40(32-18-12-13-19-34(32)45-5-2)46(43,44)31-16-10-7-11-17-31/h6-23,27,33H,4-5,24-26H2,1-3H3,(H,38,42). The van der Waals surface area contributed by atoms with Crippen LogP contribution in [0.2, 0.25) is 0 Å². The van der Waals surface area contributed by atoms with Gasteiger partial charge in [0.25, 0.3) is 10.0 Å². The van der Waals surface area contributed by atoms with Crippen LogP contribution in [0.1, 0.15) is 38.3 Å². The van der Waals surface area contributed by atoms with Crippen molar-refractivity contribution in [3.8, 4) is 5.75 Å². The molecule has 2 unspecified atom stereocenters. The van der Waals surface area contributed by atoms with Crippen molar-refractivity contribution < 1.29 is 27.1 Å². The Morgan fingerprint density at radius 3 is 2.07 bits per heavy atom. The van der Waals surface area contributed by atoms with E-state index in [0.29, 0.717) is 12.0 Å². The van der Waals surface area contributed by atoms with E-state index in [1.807, 2.05) is 44.2 Å². The van der Waals surface area contributed by atoms with Gasteiger partial charge >= 0.3 is 0 Å². The lowest BCUT2D eigenvalue weighted by Gasteiger charge is -2.34. The highest BCUT2D eigenvalue weighted by Gasteiger charge is 2.35. The van der Waals surface area contributed by atoms with Gasteiger partial charge in [-0.1, -0.05) is 79.7 Å². The molecule has 0 fully saturated rings. The third kappa shape index (κ3) is 8.72. The predicted molar refractivity (Wildman–Crippen MR) is 177 cm³/mol. The normalized spacial score (nSPS) is 12.5. The zero-order chi connectivity index (χ0) is 33.1. The molecule has 0 saturated carbocycles. The number of sulfonamides is 1. The second-order valence-electron chi connectivity index (χ2n) is 10.9. The number of carbonyl (C=O) groups excluding carboxylic acids is 2. The minimum atomic E-state index is -4.27. The van der Waals surface area contributed by atoms with E-state index in [9.17, 15) is 22.4 Å². The summed E-state index contributed by atoms with van der Waals surface area (Å²) in [5.41, 5.74) is 1.59. The van der Waals surface area contributed by atoms with Crippen LogP contribution in [0.15, 0.2) is 114 Å². The fourth-order valence-corrected chi connectivity index (χ4v) is 6.40. The van der Waals surface area contributed by atoms with Crippen LogP contribution < -0.4 is 14.4 Å². The Bertz CT molecular complexity index is 1690. The Kier molecular flexibility index (Phi) is 11.9. The van der Waals surface area contributed by atoms with Crippen molar-refractivity contribution >= 4 is 27.5 Å². The minimum absolute atomic E-state index is 0.00506. The lowest BCUT2D eigenvalue weighted by Crippen LogP contribution is -2.54. The number of nitrogens with zero attached hydrogens (tertiary/aromatic N) is 2. The van der Waals surface area contributed by atoms with Gasteiger partial charge in [0.05, 0.1) is 17.2 Å². The SMILES string of the molecule is CCOc1ccccc1N(CC(=O)N(Cc1ccc(F)cc1)C(Cc1ccccc1)C(=O)NC(C)CC)S(=O)(=O)c1ccccc1. The van der Waals surface area contributed by atoms with E-state index in [-0.39, 0.29) is 47.9 Å². The zero-order valence-corrected chi connectivity index (χ0v) is 27.1. The molecule has 0 aromatic heterocycles. The van der Waals surface area contributed by atoms with E-state index in [1.54, 1.807) is 61.5 Å². The molecule has 0 bridgehead atoms. The van der Waals surface area contributed by atoms with Crippen molar-refractivity contribution in [2.45, 2.75) is 57.1 Å². The summed E-state index contributed by atoms with van der Waals surface area (Å²) in [5, 5.41) is 3.00. The maximum atomic E-state index is 14.6. The molecular weight excluding hydrogens is 605 g/mol. The maximum absolute atomic E-state index is 14.6. The molecule has 0 spiro atoms. The molecule has 0 aliphatic rings. The lowest BCUT2D eigenvalue weighted by molar-refractivity contribution is -0.140. The average Bonchev–Trinajstić information content (AvgIpc) is 3.07. The Hall–Kier alpha value is -4.70. The van der Waals surface area contributed by atoms with Gasteiger partial charge in [0.2, 0.25) is 11.8 Å². The van der Waals surface area contributed by atoms with Gasteiger partial charge in [0, 0.05) is 19.0 Å². The van der Waals surface area contributed by atoms with Crippen LogP contribution >= 0.6 is 0 Å². The molecule has 1 N–H and O–H groups in total. The van der Waals surface area contributed by atoms with E-state index in [0.717, 1.165) is 9.87 Å². The van der Waals surface area contributed by atoms with Crippen molar-refractivity contribution in [2.75, 3.05) is 17.5 Å². The van der Waals surface area contributed by atoms with E-state index in [2.05, 4.69) is 5.32 Å². The quantitative estimate of drug-likeness (QED) is 0.172. The van der Waals surface area contributed by atoms with Crippen LogP contribution in [0, 0.1) is 5.82 Å². The summed E-state index contributed by atoms with van der Waals surface area (Å²) in [6.45, 7) is 5.20. The molecule has 4 aromatic carbocycles. The maximum Gasteiger partial charge on any atom is 0.264 e. The molecule has 4 aromatic rings. The van der Waals surface area contributed by atoms with E-state index < -0.39 is 34.3 Å². The van der Waals surface area contributed by atoms with Gasteiger partial charge in [-0.15, -0.1) is 0 Å². The molecule has 2 atom stereocenters. The van der Waals surface area contributed by atoms with Gasteiger partial charge in [0.1, 0.15) is 24.2 Å². The first-order valence-electron chi connectivity index (χ1n) is 15.3. The number of rotatable bonds is 15. The van der Waals surface area contributed by atoms with Gasteiger partial charge < -0.3 is 15.0 Å². The number of anilines is 1. The summed E-state index contributed by atoms with van der Waals surface area (Å²) in [4.78, 5) is 29.8. The number of carbonyl (C=O) groups is 2. The van der Waals surface area contributed by atoms with E-state index in [4.69, 9.17) is 4.74 Å². The lowest BCUT2D eigenvalue weighted by atomic mass is 10.0. The second-order valence-corrected chi connectivity index (χ2v) is 12.8. The highest BCUT2D eigenvalue weighted by molar-refractivity contribution is 7.92. The number of nitrogens with one attached hydrogen (secondary N) is 1. The van der Waals surface area contributed by atoms with Crippen molar-refractivity contribution in [1.82, 2.24) is 10.2 Å². The highest BCUT2D eigenvalue weighted by atomic mass is 32.2. The Morgan fingerprint density at radius 2 is 1.43 bits per heavy atom. The van der Waals surface area contributed by atoms with Crippen molar-refractivity contribution in [3.63, 3.8) is 0 Å². The summed E-state index contributed by atoms with van der Waals surface area (Å²) in [6.07, 6.45) is 0.851. The summed E-state index contributed by atoms with van der Waals surface area (Å²) in [5.74, 6) is -1.14.